The molecule has 5 rings (SSSR count). The van der Waals surface area contributed by atoms with Crippen molar-refractivity contribution in [3.8, 4) is 0 Å². The van der Waals surface area contributed by atoms with Gasteiger partial charge in [-0.25, -0.2) is 9.97 Å². The highest BCUT2D eigenvalue weighted by atomic mass is 32.1. The molecule has 36 heavy (non-hydrogen) atoms. The predicted octanol–water partition coefficient (Wildman–Crippen LogP) is 3.65. The summed E-state index contributed by atoms with van der Waals surface area (Å²) in [5, 5.41) is 10.9. The Kier molecular flexibility index (Phi) is 7.87. The van der Waals surface area contributed by atoms with Crippen molar-refractivity contribution in [2.24, 2.45) is 0 Å². The fourth-order valence-electron chi connectivity index (χ4n) is 5.13. The molecule has 1 unspecified atom stereocenters. The minimum Gasteiger partial charge on any atom is -0.355 e. The zero-order valence-electron chi connectivity index (χ0n) is 21.1. The minimum atomic E-state index is -0.0101. The van der Waals surface area contributed by atoms with Crippen LogP contribution in [0.15, 0.2) is 6.07 Å². The molecule has 0 radical (unpaired) electrons. The summed E-state index contributed by atoms with van der Waals surface area (Å²) >= 11 is 3.11. The molecule has 1 atom stereocenters. The molecule has 2 saturated heterocycles. The van der Waals surface area contributed by atoms with Gasteiger partial charge in [0.05, 0.1) is 33.5 Å². The third-order valence-corrected chi connectivity index (χ3v) is 9.17. The Labute approximate surface area is 219 Å². The van der Waals surface area contributed by atoms with Gasteiger partial charge in [0.1, 0.15) is 0 Å². The average Bonchev–Trinajstić information content (AvgIpc) is 3.60. The molecule has 9 nitrogen and oxygen atoms in total. The first-order valence-electron chi connectivity index (χ1n) is 12.9. The van der Waals surface area contributed by atoms with E-state index in [0.717, 1.165) is 75.2 Å². The monoisotopic (exact) mass is 529 g/mol. The number of nitrogens with zero attached hydrogens (tertiary/aromatic N) is 4. The molecule has 11 heteroatoms. The molecule has 3 aromatic rings. The van der Waals surface area contributed by atoms with Crippen LogP contribution in [0.1, 0.15) is 44.1 Å². The van der Waals surface area contributed by atoms with Gasteiger partial charge < -0.3 is 25.8 Å². The van der Waals surface area contributed by atoms with Crippen molar-refractivity contribution in [2.45, 2.75) is 51.5 Å². The summed E-state index contributed by atoms with van der Waals surface area (Å²) in [7, 11) is 2.16. The first-order chi connectivity index (χ1) is 17.5. The summed E-state index contributed by atoms with van der Waals surface area (Å²) in [5.74, 6) is 0.128. The van der Waals surface area contributed by atoms with Crippen molar-refractivity contribution in [1.82, 2.24) is 25.1 Å². The van der Waals surface area contributed by atoms with Gasteiger partial charge in [0.15, 0.2) is 10.3 Å². The van der Waals surface area contributed by atoms with Crippen LogP contribution in [0.5, 0.6) is 0 Å². The van der Waals surface area contributed by atoms with E-state index < -0.39 is 0 Å². The number of carbonyl (C=O) groups excluding carboxylic acids is 2. The number of aromatic nitrogens is 2. The molecule has 0 spiro atoms. The zero-order chi connectivity index (χ0) is 25.1. The smallest absolute Gasteiger partial charge is 0.241 e. The van der Waals surface area contributed by atoms with Crippen LogP contribution in [0.2, 0.25) is 0 Å². The lowest BCUT2D eigenvalue weighted by Crippen LogP contribution is -2.39. The maximum atomic E-state index is 12.5. The van der Waals surface area contributed by atoms with E-state index >= 15 is 0 Å². The number of nitrogens with one attached hydrogen (secondary N) is 3. The van der Waals surface area contributed by atoms with Crippen molar-refractivity contribution in [1.29, 1.82) is 0 Å². The molecule has 2 aromatic heterocycles. The lowest BCUT2D eigenvalue weighted by Gasteiger charge is -2.26. The Morgan fingerprint density at radius 1 is 0.972 bits per heavy atom. The molecule has 2 aliphatic rings. The first-order valence-corrected chi connectivity index (χ1v) is 14.5. The number of hydrogen-bond donors (Lipinski definition) is 3. The molecule has 2 aliphatic heterocycles. The fourth-order valence-corrected chi connectivity index (χ4v) is 7.12. The summed E-state index contributed by atoms with van der Waals surface area (Å²) in [4.78, 5) is 38.6. The van der Waals surface area contributed by atoms with E-state index in [4.69, 9.17) is 9.97 Å². The van der Waals surface area contributed by atoms with Gasteiger partial charge in [-0.3, -0.25) is 9.59 Å². The van der Waals surface area contributed by atoms with Gasteiger partial charge in [-0.1, -0.05) is 22.7 Å². The summed E-state index contributed by atoms with van der Waals surface area (Å²) in [6.07, 6.45) is 6.86. The van der Waals surface area contributed by atoms with Gasteiger partial charge in [-0.05, 0) is 65.1 Å². The number of carbonyl (C=O) groups is 2. The van der Waals surface area contributed by atoms with E-state index in [1.54, 1.807) is 22.7 Å². The number of piperidine rings is 1. The van der Waals surface area contributed by atoms with Crippen molar-refractivity contribution < 1.29 is 9.59 Å². The van der Waals surface area contributed by atoms with Crippen LogP contribution in [-0.2, 0) is 9.59 Å². The van der Waals surface area contributed by atoms with Crippen LogP contribution in [0, 0.1) is 6.92 Å². The highest BCUT2D eigenvalue weighted by Crippen LogP contribution is 2.36. The summed E-state index contributed by atoms with van der Waals surface area (Å²) in [6, 6.07) is 2.69. The van der Waals surface area contributed by atoms with Crippen molar-refractivity contribution in [3.05, 3.63) is 11.6 Å². The topological polar surface area (TPSA) is 102 Å². The molecule has 0 bridgehead atoms. The molecule has 0 aliphatic carbocycles. The third kappa shape index (κ3) is 5.73. The number of aryl methyl sites for hydroxylation is 1. The first kappa shape index (κ1) is 25.2. The molecule has 2 amide bonds. The largest absolute Gasteiger partial charge is 0.355 e. The molecule has 3 N–H and O–H groups in total. The number of likely N-dealkylation sites (tertiary alicyclic amines) is 2. The van der Waals surface area contributed by atoms with E-state index in [1.807, 2.05) is 11.8 Å². The number of anilines is 2. The normalized spacial score (nSPS) is 18.7. The van der Waals surface area contributed by atoms with E-state index in [-0.39, 0.29) is 24.9 Å². The molecule has 4 heterocycles. The van der Waals surface area contributed by atoms with Gasteiger partial charge in [-0.2, -0.15) is 0 Å². The van der Waals surface area contributed by atoms with Crippen LogP contribution in [0.25, 0.3) is 20.4 Å². The Hall–Kier alpha value is -2.50. The van der Waals surface area contributed by atoms with Crippen LogP contribution < -0.4 is 16.0 Å². The Morgan fingerprint density at radius 3 is 2.28 bits per heavy atom. The number of amides is 2. The second-order valence-electron chi connectivity index (χ2n) is 9.80. The van der Waals surface area contributed by atoms with E-state index in [9.17, 15) is 9.59 Å². The molecular weight excluding hydrogens is 494 g/mol. The van der Waals surface area contributed by atoms with Gasteiger partial charge in [0.25, 0.3) is 0 Å². The number of fused-ring (bicyclic) bond motifs is 2. The molecule has 1 aromatic carbocycles. The maximum Gasteiger partial charge on any atom is 0.241 e. The van der Waals surface area contributed by atoms with Crippen LogP contribution in [0.3, 0.4) is 0 Å². The lowest BCUT2D eigenvalue weighted by molar-refractivity contribution is -0.130. The predicted molar refractivity (Wildman–Crippen MR) is 148 cm³/mol. The van der Waals surface area contributed by atoms with Gasteiger partial charge in [0.2, 0.25) is 11.8 Å². The number of thiazole rings is 2. The average molecular weight is 530 g/mol. The van der Waals surface area contributed by atoms with Gasteiger partial charge >= 0.3 is 0 Å². The summed E-state index contributed by atoms with van der Waals surface area (Å²) in [5.41, 5.74) is 2.83. The molecule has 194 valence electrons. The second kappa shape index (κ2) is 11.3. The van der Waals surface area contributed by atoms with E-state index in [0.29, 0.717) is 12.6 Å². The second-order valence-corrected chi connectivity index (χ2v) is 11.9. The Morgan fingerprint density at radius 2 is 1.64 bits per heavy atom. The Bertz CT molecular complexity index is 1230. The fraction of sp³-hybridized carbons (Fsp3) is 0.600. The third-order valence-electron chi connectivity index (χ3n) is 7.25. The van der Waals surface area contributed by atoms with Crippen molar-refractivity contribution >= 4 is 65.2 Å². The minimum absolute atomic E-state index is 0.0101. The summed E-state index contributed by atoms with van der Waals surface area (Å²) in [6.45, 7) is 6.10. The number of benzene rings is 1. The van der Waals surface area contributed by atoms with Crippen LogP contribution in [-0.4, -0.2) is 83.9 Å². The highest BCUT2D eigenvalue weighted by Gasteiger charge is 2.21. The number of rotatable bonds is 9. The van der Waals surface area contributed by atoms with Crippen LogP contribution in [0.4, 0.5) is 10.3 Å². The maximum absolute atomic E-state index is 12.5. The van der Waals surface area contributed by atoms with Gasteiger partial charge in [-0.15, -0.1) is 0 Å². The standard InChI is InChI=1S/C25H35N7O2S2/c1-16-22-18(35-24(29-22)27-14-20(33)26-9-8-17-7-6-10-31(17)2)13-19-23(16)30-25(36-19)28-15-21(34)32-11-4-3-5-12-32/h13,17H,3-12,14-15H2,1-2H3,(H,26,33)(H,27,29)(H,28,30). The van der Waals surface area contributed by atoms with E-state index in [1.165, 1.54) is 19.3 Å². The van der Waals surface area contributed by atoms with Crippen molar-refractivity contribution in [3.63, 3.8) is 0 Å². The van der Waals surface area contributed by atoms with Crippen molar-refractivity contribution in [2.75, 3.05) is 56.9 Å². The van der Waals surface area contributed by atoms with E-state index in [2.05, 4.69) is 34.0 Å². The zero-order valence-corrected chi connectivity index (χ0v) is 22.7. The number of hydrogen-bond acceptors (Lipinski definition) is 9. The Balaban J connectivity index is 1.16. The lowest BCUT2D eigenvalue weighted by atomic mass is 10.1. The van der Waals surface area contributed by atoms with Crippen LogP contribution >= 0.6 is 22.7 Å². The molecule has 2 fully saturated rings. The summed E-state index contributed by atoms with van der Waals surface area (Å²) < 4.78 is 2.13. The SMILES string of the molecule is Cc1c2nc(NCC(=O)NCCC3CCCN3C)sc2cc2sc(NCC(=O)N3CCCCC3)nc12. The van der Waals surface area contributed by atoms with Gasteiger partial charge in [0, 0.05) is 31.2 Å². The molecule has 0 saturated carbocycles. The highest BCUT2D eigenvalue weighted by molar-refractivity contribution is 7.24. The quantitative estimate of drug-likeness (QED) is 0.389. The molecular formula is C25H35N7O2S2.